The van der Waals surface area contributed by atoms with Crippen LogP contribution in [0.3, 0.4) is 0 Å². The van der Waals surface area contributed by atoms with Crippen molar-refractivity contribution in [1.29, 1.82) is 0 Å². The number of rotatable bonds is 13. The maximum atomic E-state index is 12.9. The molecule has 4 rings (SSSR count). The quantitative estimate of drug-likeness (QED) is 0.101. The second-order valence-electron chi connectivity index (χ2n) is 10.6. The van der Waals surface area contributed by atoms with Crippen LogP contribution in [0.25, 0.3) is 0 Å². The molecule has 0 radical (unpaired) electrons. The van der Waals surface area contributed by atoms with E-state index in [1.807, 2.05) is 42.5 Å². The highest BCUT2D eigenvalue weighted by Gasteiger charge is 2.31. The van der Waals surface area contributed by atoms with Gasteiger partial charge in [0.15, 0.2) is 0 Å². The van der Waals surface area contributed by atoms with Gasteiger partial charge in [-0.3, -0.25) is 9.59 Å². The van der Waals surface area contributed by atoms with Crippen LogP contribution in [0.5, 0.6) is 0 Å². The molecule has 1 unspecified atom stereocenters. The van der Waals surface area contributed by atoms with E-state index < -0.39 is 12.1 Å². The first-order valence-electron chi connectivity index (χ1n) is 14.4. The van der Waals surface area contributed by atoms with Gasteiger partial charge in [0.25, 0.3) is 0 Å². The molecule has 11 nitrogen and oxygen atoms in total. The number of benzene rings is 3. The first-order chi connectivity index (χ1) is 21.3. The van der Waals surface area contributed by atoms with Crippen molar-refractivity contribution in [1.82, 2.24) is 16.0 Å². The Labute approximate surface area is 257 Å². The van der Waals surface area contributed by atoms with E-state index >= 15 is 0 Å². The second kappa shape index (κ2) is 16.3. The number of hydrogen-bond donors (Lipinski definition) is 4. The predicted molar refractivity (Wildman–Crippen MR) is 166 cm³/mol. The zero-order chi connectivity index (χ0) is 31.3. The molecule has 3 aromatic rings. The molecule has 1 fully saturated rings. The van der Waals surface area contributed by atoms with Crippen molar-refractivity contribution < 1.29 is 28.6 Å². The Bertz CT molecular complexity index is 1430. The van der Waals surface area contributed by atoms with Gasteiger partial charge in [0.05, 0.1) is 12.6 Å². The standard InChI is InChI=1S/C33H39N5O6/c1-22(37-32(40)29-16-28(18-35-29)27-10-6-9-25(15-27)19-43-21-42-2)31(39)36-17-23-11-13-26(14-12-23)30(34)38-33(41)44-20-24-7-4-3-5-8-24/h3-15,22,28-29,35H,16-21H2,1-2H3,(H,36,39)(H,37,40)(H2,34,38,41)/t22-,28-,29?/m0/s1. The maximum absolute atomic E-state index is 12.9. The van der Waals surface area contributed by atoms with Gasteiger partial charge in [-0.1, -0.05) is 78.9 Å². The summed E-state index contributed by atoms with van der Waals surface area (Å²) in [5, 5.41) is 8.93. The SMILES string of the molecule is COCOCc1cccc([C@@H]2CNC(C(=O)N[C@@H](C)C(=O)NCc3ccc(/C(N)=N/C(=O)OCc4ccccc4)cc3)C2)c1. The summed E-state index contributed by atoms with van der Waals surface area (Å²) in [6.45, 7) is 3.36. The molecule has 11 heteroatoms. The number of nitrogens with zero attached hydrogens (tertiary/aromatic N) is 1. The third-order valence-electron chi connectivity index (χ3n) is 7.23. The van der Waals surface area contributed by atoms with E-state index in [0.29, 0.717) is 25.1 Å². The van der Waals surface area contributed by atoms with Gasteiger partial charge in [-0.25, -0.2) is 4.79 Å². The van der Waals surface area contributed by atoms with Crippen LogP contribution in [0.1, 0.15) is 47.1 Å². The number of carbonyl (C=O) groups excluding carboxylic acids is 3. The lowest BCUT2D eigenvalue weighted by Gasteiger charge is -2.17. The van der Waals surface area contributed by atoms with Crippen LogP contribution in [0, 0.1) is 0 Å². The van der Waals surface area contributed by atoms with Crippen molar-refractivity contribution >= 4 is 23.7 Å². The number of amides is 3. The molecule has 3 atom stereocenters. The molecular formula is C33H39N5O6. The van der Waals surface area contributed by atoms with Gasteiger partial charge in [-0.15, -0.1) is 0 Å². The molecule has 0 bridgehead atoms. The monoisotopic (exact) mass is 601 g/mol. The Hall–Kier alpha value is -4.58. The first kappa shape index (κ1) is 32.3. The molecule has 3 amide bonds. The topological polar surface area (TPSA) is 153 Å². The summed E-state index contributed by atoms with van der Waals surface area (Å²) in [5.74, 6) is -0.306. The van der Waals surface area contributed by atoms with Crippen molar-refractivity contribution in [2.24, 2.45) is 10.7 Å². The zero-order valence-corrected chi connectivity index (χ0v) is 25.0. The van der Waals surface area contributed by atoms with E-state index in [0.717, 1.165) is 22.3 Å². The minimum atomic E-state index is -0.778. The molecule has 232 valence electrons. The third kappa shape index (κ3) is 9.73. The molecular weight excluding hydrogens is 562 g/mol. The number of carbonyl (C=O) groups is 3. The lowest BCUT2D eigenvalue weighted by Crippen LogP contribution is -2.49. The van der Waals surface area contributed by atoms with Crippen LogP contribution in [0.4, 0.5) is 4.79 Å². The Morgan fingerprint density at radius 3 is 2.48 bits per heavy atom. The smallest absolute Gasteiger partial charge is 0.435 e. The minimum Gasteiger partial charge on any atom is -0.443 e. The van der Waals surface area contributed by atoms with E-state index in [2.05, 4.69) is 33.1 Å². The summed E-state index contributed by atoms with van der Waals surface area (Å²) in [7, 11) is 1.58. The maximum Gasteiger partial charge on any atom is 0.435 e. The molecule has 44 heavy (non-hydrogen) atoms. The van der Waals surface area contributed by atoms with Crippen molar-refractivity contribution in [3.8, 4) is 0 Å². The molecule has 0 saturated carbocycles. The molecule has 1 saturated heterocycles. The minimum absolute atomic E-state index is 0.0292. The van der Waals surface area contributed by atoms with Crippen LogP contribution in [-0.2, 0) is 43.6 Å². The number of amidine groups is 1. The summed E-state index contributed by atoms with van der Waals surface area (Å²) in [6.07, 6.45) is -0.147. The van der Waals surface area contributed by atoms with Gasteiger partial charge < -0.3 is 35.9 Å². The number of hydrogen-bond acceptors (Lipinski definition) is 7. The fourth-order valence-corrected chi connectivity index (χ4v) is 4.80. The highest BCUT2D eigenvalue weighted by atomic mass is 16.7. The van der Waals surface area contributed by atoms with Gasteiger partial charge in [0.2, 0.25) is 11.8 Å². The first-order valence-corrected chi connectivity index (χ1v) is 14.4. The average Bonchev–Trinajstić information content (AvgIpc) is 3.54. The molecule has 1 aliphatic rings. The molecule has 0 aromatic heterocycles. The Morgan fingerprint density at radius 1 is 0.977 bits per heavy atom. The Balaban J connectivity index is 1.19. The van der Waals surface area contributed by atoms with Crippen LogP contribution < -0.4 is 21.7 Å². The molecule has 3 aromatic carbocycles. The number of methoxy groups -OCH3 is 1. The highest BCUT2D eigenvalue weighted by Crippen LogP contribution is 2.26. The number of ether oxygens (including phenoxy) is 3. The summed E-state index contributed by atoms with van der Waals surface area (Å²) in [6, 6.07) is 23.3. The Kier molecular flexibility index (Phi) is 12.0. The van der Waals surface area contributed by atoms with Gasteiger partial charge in [-0.2, -0.15) is 4.99 Å². The highest BCUT2D eigenvalue weighted by molar-refractivity contribution is 6.02. The number of nitrogens with two attached hydrogens (primary N) is 1. The van der Waals surface area contributed by atoms with Crippen LogP contribution in [0.2, 0.25) is 0 Å². The van der Waals surface area contributed by atoms with E-state index in [9.17, 15) is 14.4 Å². The molecule has 1 aliphatic heterocycles. The van der Waals surface area contributed by atoms with Crippen LogP contribution in [0.15, 0.2) is 83.9 Å². The summed E-state index contributed by atoms with van der Waals surface area (Å²) < 4.78 is 15.5. The van der Waals surface area contributed by atoms with Crippen LogP contribution in [-0.4, -0.2) is 56.3 Å². The van der Waals surface area contributed by atoms with E-state index in [-0.39, 0.29) is 49.6 Å². The lowest BCUT2D eigenvalue weighted by atomic mass is 9.94. The van der Waals surface area contributed by atoms with Gasteiger partial charge in [0.1, 0.15) is 25.3 Å². The van der Waals surface area contributed by atoms with Crippen molar-refractivity contribution in [3.05, 3.63) is 107 Å². The molecule has 0 aliphatic carbocycles. The van der Waals surface area contributed by atoms with Crippen LogP contribution >= 0.6 is 0 Å². The number of aliphatic imine (C=N–C) groups is 1. The van der Waals surface area contributed by atoms with Gasteiger partial charge in [-0.05, 0) is 41.5 Å². The third-order valence-corrected chi connectivity index (χ3v) is 7.23. The van der Waals surface area contributed by atoms with Crippen molar-refractivity contribution in [2.45, 2.75) is 51.1 Å². The van der Waals surface area contributed by atoms with Gasteiger partial charge >= 0.3 is 6.09 Å². The summed E-state index contributed by atoms with van der Waals surface area (Å²) in [4.78, 5) is 41.4. The summed E-state index contributed by atoms with van der Waals surface area (Å²) >= 11 is 0. The average molecular weight is 602 g/mol. The number of nitrogens with one attached hydrogen (secondary N) is 3. The molecule has 1 heterocycles. The van der Waals surface area contributed by atoms with Crippen molar-refractivity contribution in [3.63, 3.8) is 0 Å². The molecule has 5 N–H and O–H groups in total. The fourth-order valence-electron chi connectivity index (χ4n) is 4.80. The normalized spacial score (nSPS) is 17.1. The van der Waals surface area contributed by atoms with Gasteiger partial charge in [0, 0.05) is 25.8 Å². The van der Waals surface area contributed by atoms with E-state index in [4.69, 9.17) is 19.9 Å². The van der Waals surface area contributed by atoms with E-state index in [1.165, 1.54) is 0 Å². The van der Waals surface area contributed by atoms with Crippen molar-refractivity contribution in [2.75, 3.05) is 20.4 Å². The Morgan fingerprint density at radius 2 is 1.73 bits per heavy atom. The predicted octanol–water partition coefficient (Wildman–Crippen LogP) is 3.12. The zero-order valence-electron chi connectivity index (χ0n) is 25.0. The lowest BCUT2D eigenvalue weighted by molar-refractivity contribution is -0.129. The second-order valence-corrected chi connectivity index (χ2v) is 10.6. The largest absolute Gasteiger partial charge is 0.443 e. The van der Waals surface area contributed by atoms with E-state index in [1.54, 1.807) is 38.3 Å². The fraction of sp³-hybridized carbons (Fsp3) is 0.333. The molecule has 0 spiro atoms. The summed E-state index contributed by atoms with van der Waals surface area (Å²) in [5.41, 5.74) is 10.4.